The third-order valence-electron chi connectivity index (χ3n) is 4.58. The van der Waals surface area contributed by atoms with Crippen molar-refractivity contribution in [2.45, 2.75) is 47.3 Å². The normalized spacial score (nSPS) is 10.8. The second-order valence-electron chi connectivity index (χ2n) is 6.18. The van der Waals surface area contributed by atoms with E-state index in [-0.39, 0.29) is 19.0 Å². The van der Waals surface area contributed by atoms with Crippen LogP contribution in [0.15, 0.2) is 24.3 Å². The zero-order valence-electron chi connectivity index (χ0n) is 15.4. The van der Waals surface area contributed by atoms with Crippen molar-refractivity contribution in [3.8, 4) is 5.75 Å². The molecule has 0 atom stereocenters. The molecule has 0 N–H and O–H groups in total. The highest BCUT2D eigenvalue weighted by molar-refractivity contribution is 5.87. The van der Waals surface area contributed by atoms with Crippen molar-refractivity contribution in [3.63, 3.8) is 0 Å². The number of pyridine rings is 1. The Hall–Kier alpha value is -2.14. The van der Waals surface area contributed by atoms with Crippen LogP contribution in [0.5, 0.6) is 5.75 Å². The van der Waals surface area contributed by atoms with Crippen molar-refractivity contribution in [2.24, 2.45) is 0 Å². The highest BCUT2D eigenvalue weighted by Gasteiger charge is 2.17. The van der Waals surface area contributed by atoms with E-state index in [1.54, 1.807) is 0 Å². The quantitative estimate of drug-likeness (QED) is 0.583. The van der Waals surface area contributed by atoms with E-state index in [4.69, 9.17) is 9.72 Å². The summed E-state index contributed by atoms with van der Waals surface area (Å²) in [6.07, 6.45) is 0.788. The lowest BCUT2D eigenvalue weighted by Crippen LogP contribution is -2.03. The summed E-state index contributed by atoms with van der Waals surface area (Å²) in [5.41, 5.74) is 5.55. The molecule has 26 heavy (non-hydrogen) atoms. The summed E-state index contributed by atoms with van der Waals surface area (Å²) in [6.45, 7) is 9.14. The van der Waals surface area contributed by atoms with Gasteiger partial charge in [0.2, 0.25) is 0 Å². The molecule has 0 fully saturated rings. The maximum absolute atomic E-state index is 13.4. The lowest BCUT2D eigenvalue weighted by atomic mass is 10.2. The Morgan fingerprint density at radius 1 is 1.04 bits per heavy atom. The van der Waals surface area contributed by atoms with Crippen molar-refractivity contribution < 1.29 is 13.5 Å². The van der Waals surface area contributed by atoms with Crippen LogP contribution in [0, 0.1) is 25.5 Å². The average Bonchev–Trinajstić information content (AvgIpc) is 2.83. The van der Waals surface area contributed by atoms with Crippen LogP contribution in [0.25, 0.3) is 11.0 Å². The first-order valence-corrected chi connectivity index (χ1v) is 8.51. The van der Waals surface area contributed by atoms with Crippen LogP contribution in [0.1, 0.15) is 36.4 Å². The molecule has 0 saturated carbocycles. The predicted octanol–water partition coefficient (Wildman–Crippen LogP) is 5.51. The monoisotopic (exact) mass is 380 g/mol. The molecular weight excluding hydrogens is 358 g/mol. The van der Waals surface area contributed by atoms with Crippen LogP contribution in [0.3, 0.4) is 0 Å². The third kappa shape index (κ3) is 3.68. The molecule has 0 bridgehead atoms. The van der Waals surface area contributed by atoms with E-state index in [0.29, 0.717) is 11.3 Å². The summed E-state index contributed by atoms with van der Waals surface area (Å²) in [5.74, 6) is -0.503. The van der Waals surface area contributed by atoms with E-state index in [9.17, 15) is 8.78 Å². The van der Waals surface area contributed by atoms with Crippen molar-refractivity contribution in [1.29, 1.82) is 0 Å². The number of nitrogens with zero attached hydrogens (tertiary/aromatic N) is 2. The average molecular weight is 381 g/mol. The molecule has 6 heteroatoms. The van der Waals surface area contributed by atoms with Gasteiger partial charge in [-0.25, -0.2) is 8.78 Å². The SMILES string of the molecule is CCc1cc(OCc2cc(F)cc(F)c2)c2c(n1)c(C)c(C)n2CC.Cl. The van der Waals surface area contributed by atoms with Gasteiger partial charge in [0, 0.05) is 30.1 Å². The molecule has 3 nitrogen and oxygen atoms in total. The van der Waals surface area contributed by atoms with Crippen LogP contribution >= 0.6 is 12.4 Å². The number of hydrogen-bond acceptors (Lipinski definition) is 2. The van der Waals surface area contributed by atoms with Gasteiger partial charge >= 0.3 is 0 Å². The highest BCUT2D eigenvalue weighted by atomic mass is 35.5. The van der Waals surface area contributed by atoms with Gasteiger partial charge < -0.3 is 9.30 Å². The Bertz CT molecular complexity index is 917. The molecule has 0 aliphatic rings. The Labute approximate surface area is 158 Å². The van der Waals surface area contributed by atoms with E-state index in [1.807, 2.05) is 13.0 Å². The molecule has 0 aliphatic carbocycles. The number of rotatable bonds is 5. The van der Waals surface area contributed by atoms with Gasteiger partial charge in [0.25, 0.3) is 0 Å². The molecule has 0 radical (unpaired) electrons. The molecule has 1 aromatic carbocycles. The number of aromatic nitrogens is 2. The van der Waals surface area contributed by atoms with Gasteiger partial charge in [-0.3, -0.25) is 4.98 Å². The van der Waals surface area contributed by atoms with Crippen molar-refractivity contribution in [3.05, 3.63) is 58.4 Å². The first-order valence-electron chi connectivity index (χ1n) is 8.51. The molecule has 0 spiro atoms. The van der Waals surface area contributed by atoms with Crippen molar-refractivity contribution in [1.82, 2.24) is 9.55 Å². The number of aryl methyl sites for hydroxylation is 3. The summed E-state index contributed by atoms with van der Waals surface area (Å²) in [6, 6.07) is 5.36. The fraction of sp³-hybridized carbons (Fsp3) is 0.350. The van der Waals surface area contributed by atoms with Crippen LogP contribution in [-0.2, 0) is 19.6 Å². The van der Waals surface area contributed by atoms with Gasteiger partial charge in [-0.15, -0.1) is 12.4 Å². The number of benzene rings is 1. The number of ether oxygens (including phenoxy) is 1. The van der Waals surface area contributed by atoms with E-state index in [2.05, 4.69) is 25.3 Å². The number of fused-ring (bicyclic) bond motifs is 1. The molecule has 2 heterocycles. The number of halogens is 3. The highest BCUT2D eigenvalue weighted by Crippen LogP contribution is 2.32. The van der Waals surface area contributed by atoms with Gasteiger partial charge in [-0.1, -0.05) is 6.92 Å². The van der Waals surface area contributed by atoms with Gasteiger partial charge in [0.15, 0.2) is 0 Å². The molecule has 0 aliphatic heterocycles. The summed E-state index contributed by atoms with van der Waals surface area (Å²) in [5, 5.41) is 0. The standard InChI is InChI=1S/C20H22F2N2O.ClH/c1-5-17-10-18(25-11-14-7-15(21)9-16(22)8-14)20-19(23-17)12(3)13(4)24(20)6-2;/h7-10H,5-6,11H2,1-4H3;1H. The fourth-order valence-corrected chi connectivity index (χ4v) is 3.17. The Morgan fingerprint density at radius 2 is 1.69 bits per heavy atom. The Morgan fingerprint density at radius 3 is 2.27 bits per heavy atom. The third-order valence-corrected chi connectivity index (χ3v) is 4.58. The minimum absolute atomic E-state index is 0. The van der Waals surface area contributed by atoms with Crippen molar-refractivity contribution >= 4 is 23.4 Å². The minimum atomic E-state index is -0.601. The second-order valence-corrected chi connectivity index (χ2v) is 6.18. The topological polar surface area (TPSA) is 27.1 Å². The van der Waals surface area contributed by atoms with E-state index in [0.717, 1.165) is 47.0 Å². The molecule has 3 rings (SSSR count). The van der Waals surface area contributed by atoms with Crippen LogP contribution in [-0.4, -0.2) is 9.55 Å². The molecule has 2 aromatic heterocycles. The van der Waals surface area contributed by atoms with Crippen LogP contribution < -0.4 is 4.74 Å². The zero-order chi connectivity index (χ0) is 18.1. The van der Waals surface area contributed by atoms with Gasteiger partial charge in [-0.05, 0) is 50.5 Å². The molecule has 0 unspecified atom stereocenters. The summed E-state index contributed by atoms with van der Waals surface area (Å²) < 4.78 is 34.9. The van der Waals surface area contributed by atoms with Gasteiger partial charge in [-0.2, -0.15) is 0 Å². The van der Waals surface area contributed by atoms with Gasteiger partial charge in [0.1, 0.15) is 29.5 Å². The first kappa shape index (κ1) is 20.2. The molecule has 3 aromatic rings. The van der Waals surface area contributed by atoms with Crippen LogP contribution in [0.4, 0.5) is 8.78 Å². The van der Waals surface area contributed by atoms with E-state index >= 15 is 0 Å². The molecule has 140 valence electrons. The Kier molecular flexibility index (Phi) is 6.24. The molecule has 0 saturated heterocycles. The Balaban J connectivity index is 0.00000243. The fourth-order valence-electron chi connectivity index (χ4n) is 3.17. The second kappa shape index (κ2) is 8.04. The lowest BCUT2D eigenvalue weighted by molar-refractivity contribution is 0.306. The smallest absolute Gasteiger partial charge is 0.147 e. The molecular formula is C20H23ClF2N2O. The van der Waals surface area contributed by atoms with Crippen molar-refractivity contribution in [2.75, 3.05) is 0 Å². The molecule has 0 amide bonds. The van der Waals surface area contributed by atoms with E-state index in [1.165, 1.54) is 12.1 Å². The predicted molar refractivity (Wildman–Crippen MR) is 102 cm³/mol. The summed E-state index contributed by atoms with van der Waals surface area (Å²) in [4.78, 5) is 4.75. The zero-order valence-corrected chi connectivity index (χ0v) is 16.2. The van der Waals surface area contributed by atoms with Crippen LogP contribution in [0.2, 0.25) is 0 Å². The largest absolute Gasteiger partial charge is 0.487 e. The van der Waals surface area contributed by atoms with E-state index < -0.39 is 11.6 Å². The maximum atomic E-state index is 13.4. The lowest BCUT2D eigenvalue weighted by Gasteiger charge is -2.12. The summed E-state index contributed by atoms with van der Waals surface area (Å²) in [7, 11) is 0. The van der Waals surface area contributed by atoms with Gasteiger partial charge in [0.05, 0.1) is 5.52 Å². The number of hydrogen-bond donors (Lipinski definition) is 0. The first-order chi connectivity index (χ1) is 11.9. The summed E-state index contributed by atoms with van der Waals surface area (Å²) >= 11 is 0. The minimum Gasteiger partial charge on any atom is -0.487 e. The maximum Gasteiger partial charge on any atom is 0.147 e.